The zero-order chi connectivity index (χ0) is 30.6. The summed E-state index contributed by atoms with van der Waals surface area (Å²) in [5, 5.41) is 16.5. The van der Waals surface area contributed by atoms with E-state index in [1.165, 1.54) is 16.7 Å². The third-order valence-electron chi connectivity index (χ3n) is 7.27. The number of thioether (sulfide) groups is 1. The van der Waals surface area contributed by atoms with Crippen molar-refractivity contribution < 1.29 is 32.7 Å². The maximum atomic E-state index is 14.4. The molecule has 1 saturated heterocycles. The van der Waals surface area contributed by atoms with Gasteiger partial charge in [0, 0.05) is 23.4 Å². The maximum absolute atomic E-state index is 14.4. The Kier molecular flexibility index (Phi) is 9.63. The van der Waals surface area contributed by atoms with Crippen molar-refractivity contribution >= 4 is 29.5 Å². The molecule has 1 heterocycles. The van der Waals surface area contributed by atoms with Crippen molar-refractivity contribution in [3.8, 4) is 0 Å². The smallest absolute Gasteiger partial charge is 0.257 e. The van der Waals surface area contributed by atoms with E-state index in [0.29, 0.717) is 17.7 Å². The molecule has 222 valence electrons. The van der Waals surface area contributed by atoms with Crippen LogP contribution < -0.4 is 10.6 Å². The molecule has 3 unspecified atom stereocenters. The molecule has 0 aliphatic carbocycles. The summed E-state index contributed by atoms with van der Waals surface area (Å²) in [7, 11) is 0. The monoisotopic (exact) mass is 599 g/mol. The summed E-state index contributed by atoms with van der Waals surface area (Å²) in [5.41, 5.74) is 1.49. The number of aliphatic hydroxyl groups is 1. The molecule has 3 atom stereocenters. The highest BCUT2D eigenvalue weighted by Gasteiger charge is 2.49. The first-order valence-electron chi connectivity index (χ1n) is 13.3. The summed E-state index contributed by atoms with van der Waals surface area (Å²) in [4.78, 5) is 41.4. The summed E-state index contributed by atoms with van der Waals surface area (Å²) in [6, 6.07) is 14.6. The van der Waals surface area contributed by atoms with E-state index in [2.05, 4.69) is 10.6 Å². The second-order valence-electron chi connectivity index (χ2n) is 10.7. The zero-order valence-electron chi connectivity index (χ0n) is 23.4. The normalized spacial score (nSPS) is 17.4. The Hall–Kier alpha value is -3.83. The highest BCUT2D eigenvalue weighted by atomic mass is 32.2. The number of hydrogen-bond acceptors (Lipinski definition) is 5. The molecule has 42 heavy (non-hydrogen) atoms. The summed E-state index contributed by atoms with van der Waals surface area (Å²) < 4.78 is 41.5. The van der Waals surface area contributed by atoms with Gasteiger partial charge in [-0.2, -0.15) is 0 Å². The molecule has 3 N–H and O–H groups in total. The van der Waals surface area contributed by atoms with Gasteiger partial charge in [-0.1, -0.05) is 54.6 Å². The summed E-state index contributed by atoms with van der Waals surface area (Å²) in [5.74, 6) is -6.45. The molecule has 3 aromatic carbocycles. The predicted molar refractivity (Wildman–Crippen MR) is 154 cm³/mol. The van der Waals surface area contributed by atoms with Crippen molar-refractivity contribution in [3.05, 3.63) is 106 Å². The fourth-order valence-corrected chi connectivity index (χ4v) is 6.09. The molecule has 0 saturated carbocycles. The second kappa shape index (κ2) is 13.0. The van der Waals surface area contributed by atoms with E-state index in [4.69, 9.17) is 0 Å². The van der Waals surface area contributed by atoms with Crippen LogP contribution in [-0.2, 0) is 22.6 Å². The van der Waals surface area contributed by atoms with Crippen molar-refractivity contribution in [2.75, 3.05) is 5.88 Å². The molecule has 0 radical (unpaired) electrons. The van der Waals surface area contributed by atoms with Gasteiger partial charge in [0.1, 0.15) is 29.1 Å². The van der Waals surface area contributed by atoms with Crippen LogP contribution in [0.25, 0.3) is 0 Å². The highest BCUT2D eigenvalue weighted by Crippen LogP contribution is 2.40. The van der Waals surface area contributed by atoms with Crippen LogP contribution in [0, 0.1) is 24.4 Å². The third kappa shape index (κ3) is 6.96. The van der Waals surface area contributed by atoms with Crippen molar-refractivity contribution in [2.24, 2.45) is 0 Å². The fourth-order valence-electron chi connectivity index (χ4n) is 4.95. The number of nitrogens with zero attached hydrogens (tertiary/aromatic N) is 1. The Morgan fingerprint density at radius 1 is 1.02 bits per heavy atom. The molecule has 11 heteroatoms. The number of halogens is 3. The summed E-state index contributed by atoms with van der Waals surface area (Å²) >= 11 is 1.36. The van der Waals surface area contributed by atoms with Gasteiger partial charge in [-0.3, -0.25) is 14.4 Å². The molecule has 1 fully saturated rings. The Morgan fingerprint density at radius 2 is 1.64 bits per heavy atom. The van der Waals surface area contributed by atoms with Crippen molar-refractivity contribution in [3.63, 3.8) is 0 Å². The maximum Gasteiger partial charge on any atom is 0.257 e. The topological polar surface area (TPSA) is 98.7 Å². The van der Waals surface area contributed by atoms with Gasteiger partial charge >= 0.3 is 0 Å². The van der Waals surface area contributed by atoms with Gasteiger partial charge < -0.3 is 20.6 Å². The molecule has 0 aromatic heterocycles. The van der Waals surface area contributed by atoms with Gasteiger partial charge in [-0.15, -0.1) is 11.8 Å². The number of aryl methyl sites for hydroxylation is 1. The number of rotatable bonds is 9. The second-order valence-corrected chi connectivity index (χ2v) is 12.3. The van der Waals surface area contributed by atoms with E-state index >= 15 is 0 Å². The molecule has 3 aromatic rings. The number of nitrogens with one attached hydrogen (secondary N) is 2. The van der Waals surface area contributed by atoms with Crippen LogP contribution in [0.1, 0.15) is 40.9 Å². The minimum atomic E-state index is -1.87. The third-order valence-corrected chi connectivity index (χ3v) is 8.65. The molecule has 0 spiro atoms. The average Bonchev–Trinajstić information content (AvgIpc) is 3.26. The number of benzene rings is 3. The number of amides is 3. The Balaban J connectivity index is 1.57. The average molecular weight is 600 g/mol. The number of hydrogen-bond donors (Lipinski definition) is 3. The predicted octanol–water partition coefficient (Wildman–Crippen LogP) is 4.11. The van der Waals surface area contributed by atoms with E-state index in [1.54, 1.807) is 30.3 Å². The van der Waals surface area contributed by atoms with E-state index in [1.807, 2.05) is 45.0 Å². The van der Waals surface area contributed by atoms with Crippen LogP contribution in [0.4, 0.5) is 13.2 Å². The molecule has 1 aliphatic heterocycles. The molecule has 7 nitrogen and oxygen atoms in total. The van der Waals surface area contributed by atoms with E-state index in [9.17, 15) is 32.7 Å². The zero-order valence-corrected chi connectivity index (χ0v) is 24.2. The summed E-state index contributed by atoms with van der Waals surface area (Å²) in [6.45, 7) is 5.81. The van der Waals surface area contributed by atoms with Crippen LogP contribution in [0.2, 0.25) is 0 Å². The molecular formula is C31H32F3N3O4S. The Morgan fingerprint density at radius 3 is 2.29 bits per heavy atom. The van der Waals surface area contributed by atoms with E-state index < -0.39 is 63.7 Å². The van der Waals surface area contributed by atoms with Gasteiger partial charge in [-0.05, 0) is 43.9 Å². The van der Waals surface area contributed by atoms with Crippen molar-refractivity contribution in [1.82, 2.24) is 15.5 Å². The van der Waals surface area contributed by atoms with Crippen molar-refractivity contribution in [1.29, 1.82) is 0 Å². The lowest BCUT2D eigenvalue weighted by Crippen LogP contribution is -2.58. The Labute approximate surface area is 246 Å². The number of carbonyl (C=O) groups is 3. The fraction of sp³-hybridized carbons (Fsp3) is 0.323. The van der Waals surface area contributed by atoms with Gasteiger partial charge in [0.2, 0.25) is 5.91 Å². The first kappa shape index (κ1) is 31.1. The first-order valence-corrected chi connectivity index (χ1v) is 14.3. The Bertz CT molecular complexity index is 1450. The van der Waals surface area contributed by atoms with Crippen LogP contribution in [0.3, 0.4) is 0 Å². The lowest BCUT2D eigenvalue weighted by atomic mass is 9.96. The van der Waals surface area contributed by atoms with Crippen LogP contribution >= 0.6 is 11.8 Å². The SMILES string of the molecule is Cc1ccccc1CNC(=O)C1N(C(=O)C(O)C(Cc2ccccc2)NC(=O)c2c(F)cc(F)cc2F)CSC1(C)C. The quantitative estimate of drug-likeness (QED) is 0.344. The van der Waals surface area contributed by atoms with Crippen LogP contribution in [-0.4, -0.2) is 56.5 Å². The van der Waals surface area contributed by atoms with E-state index in [0.717, 1.165) is 11.1 Å². The van der Waals surface area contributed by atoms with Crippen LogP contribution in [0.5, 0.6) is 0 Å². The number of carbonyl (C=O) groups excluding carboxylic acids is 3. The lowest BCUT2D eigenvalue weighted by molar-refractivity contribution is -0.147. The van der Waals surface area contributed by atoms with Crippen LogP contribution in [0.15, 0.2) is 66.7 Å². The van der Waals surface area contributed by atoms with Crippen molar-refractivity contribution in [2.45, 2.75) is 56.7 Å². The molecular weight excluding hydrogens is 567 g/mol. The molecule has 0 bridgehead atoms. The standard InChI is InChI=1S/C31H32F3N3O4S/c1-18-9-7-8-12-20(18)16-35-29(40)27-31(2,3)42-17-37(27)30(41)26(38)24(13-19-10-5-4-6-11-19)36-28(39)25-22(33)14-21(32)15-23(25)34/h4-12,14-15,24,26-27,38H,13,16-17H2,1-3H3,(H,35,40)(H,36,39). The van der Waals surface area contributed by atoms with Gasteiger partial charge in [0.25, 0.3) is 11.8 Å². The van der Waals surface area contributed by atoms with Gasteiger partial charge in [0.15, 0.2) is 6.10 Å². The molecule has 4 rings (SSSR count). The molecule has 1 aliphatic rings. The number of aliphatic hydroxyl groups excluding tert-OH is 1. The largest absolute Gasteiger partial charge is 0.381 e. The highest BCUT2D eigenvalue weighted by molar-refractivity contribution is 8.00. The lowest BCUT2D eigenvalue weighted by Gasteiger charge is -2.33. The van der Waals surface area contributed by atoms with Gasteiger partial charge in [0.05, 0.1) is 11.9 Å². The first-order chi connectivity index (χ1) is 19.9. The minimum absolute atomic E-state index is 0.0710. The summed E-state index contributed by atoms with van der Waals surface area (Å²) in [6.07, 6.45) is -1.94. The van der Waals surface area contributed by atoms with Gasteiger partial charge in [-0.25, -0.2) is 13.2 Å². The molecule has 3 amide bonds. The van der Waals surface area contributed by atoms with E-state index in [-0.39, 0.29) is 18.8 Å². The minimum Gasteiger partial charge on any atom is -0.381 e.